The number of hydrogen-bond donors (Lipinski definition) is 1. The number of thioether (sulfide) groups is 1. The van der Waals surface area contributed by atoms with Crippen LogP contribution in [0.5, 0.6) is 0 Å². The number of para-hydroxylation sites is 1. The number of nitrogens with one attached hydrogen (secondary N) is 1. The molecule has 3 rings (SSSR count). The maximum atomic E-state index is 4.09. The van der Waals surface area contributed by atoms with Gasteiger partial charge in [-0.2, -0.15) is 4.68 Å². The normalized spacial score (nSPS) is 10.4. The van der Waals surface area contributed by atoms with Crippen molar-refractivity contribution in [3.05, 3.63) is 64.6 Å². The zero-order chi connectivity index (χ0) is 15.9. The summed E-state index contributed by atoms with van der Waals surface area (Å²) in [6.07, 6.45) is 0. The van der Waals surface area contributed by atoms with Crippen LogP contribution in [0.25, 0.3) is 5.69 Å². The van der Waals surface area contributed by atoms with Crippen LogP contribution in [0.4, 0.5) is 0 Å². The lowest BCUT2D eigenvalue weighted by Crippen LogP contribution is -2.16. The molecule has 1 N–H and O–H groups in total. The highest BCUT2D eigenvalue weighted by atomic mass is 79.9. The predicted molar refractivity (Wildman–Crippen MR) is 103 cm³/mol. The molecule has 0 aliphatic rings. The molecule has 0 saturated heterocycles. The molecule has 0 amide bonds. The maximum absolute atomic E-state index is 4.09. The summed E-state index contributed by atoms with van der Waals surface area (Å²) in [7, 11) is 0. The molecule has 8 heteroatoms. The van der Waals surface area contributed by atoms with E-state index in [1.807, 2.05) is 42.5 Å². The average molecular weight is 427 g/mol. The minimum absolute atomic E-state index is 0. The van der Waals surface area contributed by atoms with Crippen LogP contribution in [-0.4, -0.2) is 32.5 Å². The summed E-state index contributed by atoms with van der Waals surface area (Å²) >= 11 is 5.13. The van der Waals surface area contributed by atoms with Crippen LogP contribution in [0.1, 0.15) is 5.56 Å². The molecule has 3 aromatic rings. The van der Waals surface area contributed by atoms with Crippen LogP contribution >= 0.6 is 40.1 Å². The standard InChI is InChI=1S/C16H16BrN5S.ClH/c17-14-6-4-5-13(11-14)12-18-9-10-23-16-19-20-21-22(16)15-7-2-1-3-8-15;/h1-8,11,18H,9-10,12H2;1H. The van der Waals surface area contributed by atoms with E-state index in [0.717, 1.165) is 34.2 Å². The maximum Gasteiger partial charge on any atom is 0.214 e. The smallest absolute Gasteiger partial charge is 0.214 e. The van der Waals surface area contributed by atoms with Crippen molar-refractivity contribution in [2.45, 2.75) is 11.7 Å². The van der Waals surface area contributed by atoms with Gasteiger partial charge in [0.05, 0.1) is 5.69 Å². The van der Waals surface area contributed by atoms with Crippen LogP contribution < -0.4 is 5.32 Å². The van der Waals surface area contributed by atoms with Crippen molar-refractivity contribution in [1.82, 2.24) is 25.5 Å². The Morgan fingerprint density at radius 3 is 2.71 bits per heavy atom. The molecular formula is C16H17BrClN5S. The van der Waals surface area contributed by atoms with Gasteiger partial charge in [-0.25, -0.2) is 0 Å². The van der Waals surface area contributed by atoms with E-state index in [4.69, 9.17) is 0 Å². The van der Waals surface area contributed by atoms with E-state index >= 15 is 0 Å². The molecule has 2 aromatic carbocycles. The molecule has 0 aliphatic carbocycles. The van der Waals surface area contributed by atoms with Gasteiger partial charge in [-0.05, 0) is 40.3 Å². The van der Waals surface area contributed by atoms with Gasteiger partial charge in [0.15, 0.2) is 0 Å². The lowest BCUT2D eigenvalue weighted by molar-refractivity contribution is 0.727. The summed E-state index contributed by atoms with van der Waals surface area (Å²) in [5, 5.41) is 16.2. The number of benzene rings is 2. The van der Waals surface area contributed by atoms with Crippen molar-refractivity contribution >= 4 is 40.1 Å². The zero-order valence-electron chi connectivity index (χ0n) is 12.8. The molecule has 5 nitrogen and oxygen atoms in total. The number of aromatic nitrogens is 4. The highest BCUT2D eigenvalue weighted by Crippen LogP contribution is 2.17. The molecule has 1 heterocycles. The lowest BCUT2D eigenvalue weighted by Gasteiger charge is -2.06. The molecule has 0 unspecified atom stereocenters. The minimum Gasteiger partial charge on any atom is -0.312 e. The molecule has 0 aliphatic heterocycles. The fourth-order valence-electron chi connectivity index (χ4n) is 2.09. The van der Waals surface area contributed by atoms with Crippen molar-refractivity contribution in [3.8, 4) is 5.69 Å². The SMILES string of the molecule is Brc1cccc(CNCCSc2nnnn2-c2ccccc2)c1.Cl. The molecule has 0 saturated carbocycles. The number of halogens is 2. The topological polar surface area (TPSA) is 55.6 Å². The fraction of sp³-hybridized carbons (Fsp3) is 0.188. The van der Waals surface area contributed by atoms with Crippen molar-refractivity contribution < 1.29 is 0 Å². The molecule has 126 valence electrons. The highest BCUT2D eigenvalue weighted by Gasteiger charge is 2.07. The van der Waals surface area contributed by atoms with E-state index in [2.05, 4.69) is 48.9 Å². The summed E-state index contributed by atoms with van der Waals surface area (Å²) in [6, 6.07) is 18.2. The predicted octanol–water partition coefficient (Wildman–Crippen LogP) is 3.73. The van der Waals surface area contributed by atoms with Gasteiger partial charge in [0, 0.05) is 23.3 Å². The van der Waals surface area contributed by atoms with E-state index < -0.39 is 0 Å². The Kier molecular flexibility index (Phi) is 7.71. The first kappa shape index (κ1) is 18.9. The average Bonchev–Trinajstić information content (AvgIpc) is 3.04. The molecule has 0 bridgehead atoms. The molecule has 0 atom stereocenters. The Balaban J connectivity index is 0.00000208. The van der Waals surface area contributed by atoms with E-state index in [-0.39, 0.29) is 12.4 Å². The first-order chi connectivity index (χ1) is 11.3. The second-order valence-corrected chi connectivity index (χ2v) is 6.84. The Hall–Kier alpha value is -1.41. The second-order valence-electron chi connectivity index (χ2n) is 4.86. The van der Waals surface area contributed by atoms with Gasteiger partial charge >= 0.3 is 0 Å². The summed E-state index contributed by atoms with van der Waals surface area (Å²) in [6.45, 7) is 1.74. The molecule has 0 radical (unpaired) electrons. The zero-order valence-corrected chi connectivity index (χ0v) is 16.0. The largest absolute Gasteiger partial charge is 0.312 e. The lowest BCUT2D eigenvalue weighted by atomic mass is 10.2. The highest BCUT2D eigenvalue weighted by molar-refractivity contribution is 9.10. The third kappa shape index (κ3) is 5.31. The number of rotatable bonds is 7. The molecule has 0 spiro atoms. The van der Waals surface area contributed by atoms with Crippen molar-refractivity contribution in [3.63, 3.8) is 0 Å². The van der Waals surface area contributed by atoms with Crippen LogP contribution in [-0.2, 0) is 6.54 Å². The second kappa shape index (κ2) is 9.78. The number of hydrogen-bond acceptors (Lipinski definition) is 5. The van der Waals surface area contributed by atoms with Gasteiger partial charge in [0.2, 0.25) is 5.16 Å². The molecule has 24 heavy (non-hydrogen) atoms. The Morgan fingerprint density at radius 1 is 1.08 bits per heavy atom. The van der Waals surface area contributed by atoms with Gasteiger partial charge in [-0.15, -0.1) is 17.5 Å². The van der Waals surface area contributed by atoms with Crippen LogP contribution in [0, 0.1) is 0 Å². The fourth-order valence-corrected chi connectivity index (χ4v) is 3.33. The van der Waals surface area contributed by atoms with E-state index in [1.165, 1.54) is 5.56 Å². The Labute approximate surface area is 159 Å². The molecular weight excluding hydrogens is 410 g/mol. The molecule has 1 aromatic heterocycles. The quantitative estimate of drug-likeness (QED) is 0.461. The van der Waals surface area contributed by atoms with Gasteiger partial charge in [0.25, 0.3) is 0 Å². The summed E-state index contributed by atoms with van der Waals surface area (Å²) in [5.41, 5.74) is 2.24. The first-order valence-corrected chi connectivity index (χ1v) is 9.02. The van der Waals surface area contributed by atoms with Gasteiger partial charge in [0.1, 0.15) is 0 Å². The van der Waals surface area contributed by atoms with Crippen LogP contribution in [0.2, 0.25) is 0 Å². The van der Waals surface area contributed by atoms with Crippen molar-refractivity contribution in [2.24, 2.45) is 0 Å². The van der Waals surface area contributed by atoms with Gasteiger partial charge in [-0.3, -0.25) is 0 Å². The Bertz CT molecular complexity index is 753. The third-order valence-corrected chi connectivity index (χ3v) is 4.58. The molecule has 0 fully saturated rings. The van der Waals surface area contributed by atoms with Crippen molar-refractivity contribution in [2.75, 3.05) is 12.3 Å². The minimum atomic E-state index is 0. The monoisotopic (exact) mass is 425 g/mol. The first-order valence-electron chi connectivity index (χ1n) is 7.25. The summed E-state index contributed by atoms with van der Waals surface area (Å²) in [4.78, 5) is 0. The summed E-state index contributed by atoms with van der Waals surface area (Å²) < 4.78 is 2.87. The van der Waals surface area contributed by atoms with E-state index in [1.54, 1.807) is 16.4 Å². The third-order valence-electron chi connectivity index (χ3n) is 3.17. The number of tetrazole rings is 1. The number of nitrogens with zero attached hydrogens (tertiary/aromatic N) is 4. The van der Waals surface area contributed by atoms with Crippen LogP contribution in [0.3, 0.4) is 0 Å². The van der Waals surface area contributed by atoms with E-state index in [9.17, 15) is 0 Å². The van der Waals surface area contributed by atoms with Crippen molar-refractivity contribution in [1.29, 1.82) is 0 Å². The summed E-state index contributed by atoms with van der Waals surface area (Å²) in [5.74, 6) is 0.904. The Morgan fingerprint density at radius 2 is 1.92 bits per heavy atom. The van der Waals surface area contributed by atoms with Gasteiger partial charge < -0.3 is 5.32 Å². The van der Waals surface area contributed by atoms with Gasteiger partial charge in [-0.1, -0.05) is 58.0 Å². The van der Waals surface area contributed by atoms with E-state index in [0.29, 0.717) is 0 Å². The van der Waals surface area contributed by atoms with Crippen LogP contribution in [0.15, 0.2) is 64.2 Å².